The third-order valence-corrected chi connectivity index (χ3v) is 5.43. The fourth-order valence-corrected chi connectivity index (χ4v) is 4.07. The number of anilines is 1. The Balaban J connectivity index is 2.00. The van der Waals surface area contributed by atoms with Crippen molar-refractivity contribution in [2.45, 2.75) is 0 Å². The van der Waals surface area contributed by atoms with Gasteiger partial charge >= 0.3 is 0 Å². The fraction of sp³-hybridized carbons (Fsp3) is 0.211. The first-order valence-corrected chi connectivity index (χ1v) is 9.04. The third kappa shape index (κ3) is 2.78. The Morgan fingerprint density at radius 3 is 2.41 bits per heavy atom. The molecule has 0 amide bonds. The molecule has 0 spiro atoms. The zero-order valence-electron chi connectivity index (χ0n) is 15.4. The number of ether oxygens (including phenoxy) is 2. The molecule has 0 unspecified atom stereocenters. The average molecular weight is 382 g/mol. The Kier molecular flexibility index (Phi) is 4.19. The van der Waals surface area contributed by atoms with Gasteiger partial charge in [0.2, 0.25) is 0 Å². The number of pyridine rings is 1. The SMILES string of the molecule is COc1cc(OC)cc(-n2cnc3c(sc4nccc(N(C)C)c43)c2=O)c1. The Labute approximate surface area is 159 Å². The van der Waals surface area contributed by atoms with E-state index in [-0.39, 0.29) is 5.56 Å². The van der Waals surface area contributed by atoms with E-state index >= 15 is 0 Å². The van der Waals surface area contributed by atoms with Gasteiger partial charge in [-0.25, -0.2) is 9.97 Å². The number of hydrogen-bond acceptors (Lipinski definition) is 7. The Morgan fingerprint density at radius 2 is 1.78 bits per heavy atom. The average Bonchev–Trinajstić information content (AvgIpc) is 3.07. The minimum absolute atomic E-state index is 0.150. The highest BCUT2D eigenvalue weighted by Gasteiger charge is 2.17. The molecule has 0 aliphatic heterocycles. The van der Waals surface area contributed by atoms with E-state index in [2.05, 4.69) is 9.97 Å². The highest BCUT2D eigenvalue weighted by Crippen LogP contribution is 2.35. The van der Waals surface area contributed by atoms with Gasteiger partial charge in [-0.05, 0) is 6.07 Å². The molecule has 0 saturated carbocycles. The second-order valence-corrected chi connectivity index (χ2v) is 7.17. The van der Waals surface area contributed by atoms with Crippen LogP contribution in [0.2, 0.25) is 0 Å². The summed E-state index contributed by atoms with van der Waals surface area (Å²) < 4.78 is 12.7. The summed E-state index contributed by atoms with van der Waals surface area (Å²) >= 11 is 1.35. The van der Waals surface area contributed by atoms with Crippen LogP contribution in [0.4, 0.5) is 5.69 Å². The molecule has 4 aromatic rings. The number of methoxy groups -OCH3 is 2. The van der Waals surface area contributed by atoms with Gasteiger partial charge < -0.3 is 14.4 Å². The van der Waals surface area contributed by atoms with Crippen LogP contribution in [0.3, 0.4) is 0 Å². The molecular formula is C19H18N4O3S. The van der Waals surface area contributed by atoms with Gasteiger partial charge in [-0.2, -0.15) is 0 Å². The minimum Gasteiger partial charge on any atom is -0.497 e. The molecule has 0 N–H and O–H groups in total. The van der Waals surface area contributed by atoms with Crippen molar-refractivity contribution in [3.05, 3.63) is 47.1 Å². The summed E-state index contributed by atoms with van der Waals surface area (Å²) in [6, 6.07) is 7.23. The first-order chi connectivity index (χ1) is 13.0. The molecule has 0 fully saturated rings. The quantitative estimate of drug-likeness (QED) is 0.540. The highest BCUT2D eigenvalue weighted by molar-refractivity contribution is 7.25. The summed E-state index contributed by atoms with van der Waals surface area (Å²) in [5.41, 5.74) is 2.13. The number of hydrogen-bond donors (Lipinski definition) is 0. The summed E-state index contributed by atoms with van der Waals surface area (Å²) in [4.78, 5) is 25.0. The van der Waals surface area contributed by atoms with E-state index in [1.54, 1.807) is 38.6 Å². The molecule has 0 atom stereocenters. The van der Waals surface area contributed by atoms with Gasteiger partial charge in [-0.15, -0.1) is 11.3 Å². The lowest BCUT2D eigenvalue weighted by Gasteiger charge is -2.13. The molecule has 0 bridgehead atoms. The van der Waals surface area contributed by atoms with Crippen molar-refractivity contribution in [1.29, 1.82) is 0 Å². The highest BCUT2D eigenvalue weighted by atomic mass is 32.1. The van der Waals surface area contributed by atoms with Gasteiger partial charge in [0.05, 0.1) is 36.5 Å². The molecule has 0 radical (unpaired) electrons. The van der Waals surface area contributed by atoms with E-state index in [1.807, 2.05) is 25.1 Å². The third-order valence-electron chi connectivity index (χ3n) is 4.36. The van der Waals surface area contributed by atoms with Gasteiger partial charge in [0.1, 0.15) is 27.4 Å². The zero-order chi connectivity index (χ0) is 19.1. The van der Waals surface area contributed by atoms with Gasteiger partial charge in [0.25, 0.3) is 5.56 Å². The molecule has 138 valence electrons. The molecule has 1 aromatic carbocycles. The van der Waals surface area contributed by atoms with E-state index in [9.17, 15) is 4.79 Å². The maximum Gasteiger partial charge on any atom is 0.275 e. The van der Waals surface area contributed by atoms with E-state index < -0.39 is 0 Å². The molecule has 3 heterocycles. The fourth-order valence-electron chi connectivity index (χ4n) is 3.03. The molecule has 0 aliphatic carbocycles. The largest absolute Gasteiger partial charge is 0.497 e. The van der Waals surface area contributed by atoms with Crippen molar-refractivity contribution < 1.29 is 9.47 Å². The summed E-state index contributed by atoms with van der Waals surface area (Å²) in [6.45, 7) is 0. The van der Waals surface area contributed by atoms with Gasteiger partial charge in [0.15, 0.2) is 0 Å². The van der Waals surface area contributed by atoms with E-state index in [0.717, 1.165) is 15.9 Å². The minimum atomic E-state index is -0.150. The van der Waals surface area contributed by atoms with E-state index in [4.69, 9.17) is 9.47 Å². The van der Waals surface area contributed by atoms with Crippen molar-refractivity contribution >= 4 is 37.5 Å². The zero-order valence-corrected chi connectivity index (χ0v) is 16.2. The number of nitrogens with zero attached hydrogens (tertiary/aromatic N) is 4. The van der Waals surface area contributed by atoms with Crippen LogP contribution < -0.4 is 19.9 Å². The number of aromatic nitrogens is 3. The number of benzene rings is 1. The van der Waals surface area contributed by atoms with Crippen LogP contribution >= 0.6 is 11.3 Å². The lowest BCUT2D eigenvalue weighted by atomic mass is 10.2. The molecule has 0 aliphatic rings. The lowest BCUT2D eigenvalue weighted by Crippen LogP contribution is -2.18. The predicted molar refractivity (Wildman–Crippen MR) is 108 cm³/mol. The van der Waals surface area contributed by atoms with Gasteiger partial charge in [0, 0.05) is 38.5 Å². The van der Waals surface area contributed by atoms with Crippen molar-refractivity contribution in [1.82, 2.24) is 14.5 Å². The Hall–Kier alpha value is -3.13. The van der Waals surface area contributed by atoms with Crippen molar-refractivity contribution in [2.75, 3.05) is 33.2 Å². The van der Waals surface area contributed by atoms with Crippen LogP contribution in [0, 0.1) is 0 Å². The molecule has 8 heteroatoms. The molecule has 3 aromatic heterocycles. The topological polar surface area (TPSA) is 69.5 Å². The summed E-state index contributed by atoms with van der Waals surface area (Å²) in [5, 5.41) is 0.898. The van der Waals surface area contributed by atoms with E-state index in [0.29, 0.717) is 27.4 Å². The summed E-state index contributed by atoms with van der Waals surface area (Å²) in [5.74, 6) is 1.20. The van der Waals surface area contributed by atoms with Crippen LogP contribution in [-0.2, 0) is 0 Å². The molecule has 7 nitrogen and oxygen atoms in total. The van der Waals surface area contributed by atoms with Crippen molar-refractivity contribution in [3.63, 3.8) is 0 Å². The normalized spacial score (nSPS) is 11.1. The van der Waals surface area contributed by atoms with Crippen LogP contribution in [0.25, 0.3) is 26.1 Å². The van der Waals surface area contributed by atoms with Crippen LogP contribution in [0.5, 0.6) is 11.5 Å². The molecule has 0 saturated heterocycles. The van der Waals surface area contributed by atoms with Crippen molar-refractivity contribution in [3.8, 4) is 17.2 Å². The van der Waals surface area contributed by atoms with Crippen LogP contribution in [0.1, 0.15) is 0 Å². The number of thiophene rings is 1. The van der Waals surface area contributed by atoms with Crippen LogP contribution in [0.15, 0.2) is 41.6 Å². The second kappa shape index (κ2) is 6.55. The molecule has 27 heavy (non-hydrogen) atoms. The first-order valence-electron chi connectivity index (χ1n) is 8.23. The predicted octanol–water partition coefficient (Wildman–Crippen LogP) is 3.08. The standard InChI is InChI=1S/C19H18N4O3S/c1-22(2)14-5-6-20-18-15(14)16-17(27-18)19(24)23(10-21-16)11-7-12(25-3)9-13(8-11)26-4/h5-10H,1-4H3. The van der Waals surface area contributed by atoms with Crippen molar-refractivity contribution in [2.24, 2.45) is 0 Å². The summed E-state index contributed by atoms with van der Waals surface area (Å²) in [6.07, 6.45) is 3.29. The Morgan fingerprint density at radius 1 is 1.07 bits per heavy atom. The lowest BCUT2D eigenvalue weighted by molar-refractivity contribution is 0.394. The summed E-state index contributed by atoms with van der Waals surface area (Å²) in [7, 11) is 7.07. The van der Waals surface area contributed by atoms with Crippen LogP contribution in [-0.4, -0.2) is 42.8 Å². The molecule has 4 rings (SSSR count). The van der Waals surface area contributed by atoms with Gasteiger partial charge in [-0.1, -0.05) is 0 Å². The maximum absolute atomic E-state index is 13.2. The number of rotatable bonds is 4. The maximum atomic E-state index is 13.2. The van der Waals surface area contributed by atoms with E-state index in [1.165, 1.54) is 22.2 Å². The molecular weight excluding hydrogens is 364 g/mol. The number of fused-ring (bicyclic) bond motifs is 3. The Bertz CT molecular complexity index is 1190. The van der Waals surface area contributed by atoms with Gasteiger partial charge in [-0.3, -0.25) is 9.36 Å². The first kappa shape index (κ1) is 17.3. The monoisotopic (exact) mass is 382 g/mol. The second-order valence-electron chi connectivity index (χ2n) is 6.18. The smallest absolute Gasteiger partial charge is 0.275 e.